The number of rotatable bonds is 3. The van der Waals surface area contributed by atoms with Crippen molar-refractivity contribution < 1.29 is 0 Å². The Hall–Kier alpha value is -0.0800. The van der Waals surface area contributed by atoms with Crippen LogP contribution in [0.1, 0.15) is 34.1 Å². The maximum Gasteiger partial charge on any atom is 0.0226 e. The van der Waals surface area contributed by atoms with E-state index in [1.807, 2.05) is 0 Å². The lowest BCUT2D eigenvalue weighted by Gasteiger charge is -2.38. The normalized spacial score (nSPS) is 30.0. The van der Waals surface area contributed by atoms with Crippen molar-refractivity contribution in [3.8, 4) is 0 Å². The molecule has 2 nitrogen and oxygen atoms in total. The van der Waals surface area contributed by atoms with Crippen molar-refractivity contribution in [1.29, 1.82) is 0 Å². The Morgan fingerprint density at radius 3 is 2.54 bits per heavy atom. The van der Waals surface area contributed by atoms with Gasteiger partial charge >= 0.3 is 0 Å². The maximum atomic E-state index is 3.51. The van der Waals surface area contributed by atoms with Crippen molar-refractivity contribution in [3.05, 3.63) is 0 Å². The molecule has 13 heavy (non-hydrogen) atoms. The summed E-state index contributed by atoms with van der Waals surface area (Å²) >= 11 is 0. The molecule has 1 aliphatic rings. The van der Waals surface area contributed by atoms with E-state index in [0.29, 0.717) is 6.04 Å². The molecule has 1 fully saturated rings. The summed E-state index contributed by atoms with van der Waals surface area (Å²) in [6.07, 6.45) is 1.36. The minimum Gasteiger partial charge on any atom is -0.315 e. The summed E-state index contributed by atoms with van der Waals surface area (Å²) in [7, 11) is 0. The van der Waals surface area contributed by atoms with Crippen molar-refractivity contribution >= 4 is 0 Å². The minimum atomic E-state index is 0.682. The van der Waals surface area contributed by atoms with Crippen LogP contribution in [-0.4, -0.2) is 36.6 Å². The van der Waals surface area contributed by atoms with Crippen LogP contribution in [0.5, 0.6) is 0 Å². The van der Waals surface area contributed by atoms with Gasteiger partial charge in [0.2, 0.25) is 0 Å². The third kappa shape index (κ3) is 2.96. The Labute approximate surface area is 82.7 Å². The molecule has 2 heteroatoms. The van der Waals surface area contributed by atoms with Crippen LogP contribution in [0.25, 0.3) is 0 Å². The number of piperidine rings is 1. The van der Waals surface area contributed by atoms with Gasteiger partial charge in [0.25, 0.3) is 0 Å². The van der Waals surface area contributed by atoms with Gasteiger partial charge in [-0.15, -0.1) is 0 Å². The van der Waals surface area contributed by atoms with Crippen molar-refractivity contribution in [1.82, 2.24) is 10.2 Å². The summed E-state index contributed by atoms with van der Waals surface area (Å²) in [6.45, 7) is 12.7. The van der Waals surface area contributed by atoms with Crippen LogP contribution in [0.2, 0.25) is 0 Å². The fraction of sp³-hybridized carbons (Fsp3) is 1.00. The molecule has 2 atom stereocenters. The van der Waals surface area contributed by atoms with E-state index in [4.69, 9.17) is 0 Å². The predicted molar refractivity (Wildman–Crippen MR) is 58.0 cm³/mol. The van der Waals surface area contributed by atoms with E-state index < -0.39 is 0 Å². The van der Waals surface area contributed by atoms with Gasteiger partial charge in [0.05, 0.1) is 0 Å². The van der Waals surface area contributed by atoms with Crippen LogP contribution in [0, 0.1) is 5.92 Å². The first kappa shape index (κ1) is 11.0. The van der Waals surface area contributed by atoms with E-state index in [2.05, 4.69) is 37.9 Å². The van der Waals surface area contributed by atoms with Crippen LogP contribution in [-0.2, 0) is 0 Å². The van der Waals surface area contributed by atoms with Gasteiger partial charge in [-0.05, 0) is 39.3 Å². The summed E-state index contributed by atoms with van der Waals surface area (Å²) in [5.41, 5.74) is 0. The summed E-state index contributed by atoms with van der Waals surface area (Å²) in [6, 6.07) is 1.44. The maximum absolute atomic E-state index is 3.51. The van der Waals surface area contributed by atoms with Gasteiger partial charge < -0.3 is 5.32 Å². The van der Waals surface area contributed by atoms with Crippen molar-refractivity contribution in [3.63, 3.8) is 0 Å². The van der Waals surface area contributed by atoms with Gasteiger partial charge in [0.1, 0.15) is 0 Å². The van der Waals surface area contributed by atoms with E-state index >= 15 is 0 Å². The number of nitrogens with zero attached hydrogens (tertiary/aromatic N) is 1. The van der Waals surface area contributed by atoms with Crippen LogP contribution < -0.4 is 5.32 Å². The average Bonchev–Trinajstić information content (AvgIpc) is 2.04. The fourth-order valence-electron chi connectivity index (χ4n) is 2.43. The Bertz CT molecular complexity index is 145. The molecular weight excluding hydrogens is 160 g/mol. The molecule has 0 saturated carbocycles. The standard InChI is InChI=1S/C11H24N2/c1-5-13(9(2)3)11-6-10(4)7-12-8-11/h9-12H,5-8H2,1-4H3. The molecule has 0 amide bonds. The molecule has 1 rings (SSSR count). The third-order valence-corrected chi connectivity index (χ3v) is 3.04. The minimum absolute atomic E-state index is 0.682. The Kier molecular flexibility index (Phi) is 4.20. The van der Waals surface area contributed by atoms with Crippen LogP contribution in [0.4, 0.5) is 0 Å². The first-order valence-corrected chi connectivity index (χ1v) is 5.61. The second-order valence-corrected chi connectivity index (χ2v) is 4.58. The van der Waals surface area contributed by atoms with Gasteiger partial charge in [-0.3, -0.25) is 4.90 Å². The zero-order valence-electron chi connectivity index (χ0n) is 9.51. The molecule has 0 radical (unpaired) electrons. The number of likely N-dealkylation sites (N-methyl/N-ethyl adjacent to an activating group) is 1. The van der Waals surface area contributed by atoms with Crippen molar-refractivity contribution in [2.45, 2.75) is 46.2 Å². The van der Waals surface area contributed by atoms with E-state index in [1.165, 1.54) is 26.1 Å². The molecule has 0 bridgehead atoms. The molecular formula is C11H24N2. The zero-order valence-corrected chi connectivity index (χ0v) is 9.51. The van der Waals surface area contributed by atoms with Crippen LogP contribution in [0.3, 0.4) is 0 Å². The zero-order chi connectivity index (χ0) is 9.84. The van der Waals surface area contributed by atoms with Crippen molar-refractivity contribution in [2.75, 3.05) is 19.6 Å². The quantitative estimate of drug-likeness (QED) is 0.718. The molecule has 0 aliphatic carbocycles. The van der Waals surface area contributed by atoms with Crippen LogP contribution >= 0.6 is 0 Å². The highest BCUT2D eigenvalue weighted by Crippen LogP contribution is 2.17. The van der Waals surface area contributed by atoms with E-state index in [9.17, 15) is 0 Å². The Morgan fingerprint density at radius 1 is 1.38 bits per heavy atom. The molecule has 1 aliphatic heterocycles. The fourth-order valence-corrected chi connectivity index (χ4v) is 2.43. The number of hydrogen-bond donors (Lipinski definition) is 1. The number of hydrogen-bond acceptors (Lipinski definition) is 2. The van der Waals surface area contributed by atoms with Crippen molar-refractivity contribution in [2.24, 2.45) is 5.92 Å². The SMILES string of the molecule is CCN(C(C)C)C1CNCC(C)C1. The van der Waals surface area contributed by atoms with E-state index in [-0.39, 0.29) is 0 Å². The lowest BCUT2D eigenvalue weighted by molar-refractivity contribution is 0.120. The van der Waals surface area contributed by atoms with Gasteiger partial charge in [-0.2, -0.15) is 0 Å². The smallest absolute Gasteiger partial charge is 0.0226 e. The largest absolute Gasteiger partial charge is 0.315 e. The Morgan fingerprint density at radius 2 is 2.08 bits per heavy atom. The van der Waals surface area contributed by atoms with Gasteiger partial charge in [-0.1, -0.05) is 13.8 Å². The second kappa shape index (κ2) is 4.97. The molecule has 0 aromatic rings. The Balaban J connectivity index is 2.47. The lowest BCUT2D eigenvalue weighted by Crippen LogP contribution is -2.50. The summed E-state index contributed by atoms with van der Waals surface area (Å²) in [5, 5.41) is 3.51. The summed E-state index contributed by atoms with van der Waals surface area (Å²) in [4.78, 5) is 2.60. The second-order valence-electron chi connectivity index (χ2n) is 4.58. The molecule has 2 unspecified atom stereocenters. The van der Waals surface area contributed by atoms with Gasteiger partial charge in [-0.25, -0.2) is 0 Å². The first-order chi connectivity index (χ1) is 6.15. The molecule has 1 saturated heterocycles. The highest BCUT2D eigenvalue weighted by Gasteiger charge is 2.24. The summed E-state index contributed by atoms with van der Waals surface area (Å²) < 4.78 is 0. The number of nitrogens with one attached hydrogen (secondary N) is 1. The third-order valence-electron chi connectivity index (χ3n) is 3.04. The molecule has 1 N–H and O–H groups in total. The molecule has 78 valence electrons. The molecule has 0 aromatic carbocycles. The topological polar surface area (TPSA) is 15.3 Å². The predicted octanol–water partition coefficient (Wildman–Crippen LogP) is 1.71. The lowest BCUT2D eigenvalue weighted by atomic mass is 9.96. The highest BCUT2D eigenvalue weighted by atomic mass is 15.2. The molecule has 0 spiro atoms. The van der Waals surface area contributed by atoms with E-state index in [1.54, 1.807) is 0 Å². The van der Waals surface area contributed by atoms with E-state index in [0.717, 1.165) is 12.0 Å². The van der Waals surface area contributed by atoms with Gasteiger partial charge in [0, 0.05) is 18.6 Å². The van der Waals surface area contributed by atoms with Gasteiger partial charge in [0.15, 0.2) is 0 Å². The first-order valence-electron chi connectivity index (χ1n) is 5.61. The summed E-state index contributed by atoms with van der Waals surface area (Å²) in [5.74, 6) is 0.839. The average molecular weight is 184 g/mol. The molecule has 0 aromatic heterocycles. The van der Waals surface area contributed by atoms with Crippen LogP contribution in [0.15, 0.2) is 0 Å². The highest BCUT2D eigenvalue weighted by molar-refractivity contribution is 4.82. The monoisotopic (exact) mass is 184 g/mol. The molecule has 1 heterocycles.